The molecule has 1 rings (SSSR count). The monoisotopic (exact) mass is 262 g/mol. The summed E-state index contributed by atoms with van der Waals surface area (Å²) in [6, 6.07) is 1.92. The van der Waals surface area contributed by atoms with E-state index in [0.717, 1.165) is 12.1 Å². The van der Waals surface area contributed by atoms with Crippen LogP contribution in [-0.4, -0.2) is 23.3 Å². The largest absolute Gasteiger partial charge is 0.504 e. The molecule has 3 nitrogen and oxygen atoms in total. The molecular weight excluding hydrogens is 255 g/mol. The number of aromatic hydroxyl groups is 1. The lowest BCUT2D eigenvalue weighted by Crippen LogP contribution is -2.04. The lowest BCUT2D eigenvalue weighted by atomic mass is 10.1. The van der Waals surface area contributed by atoms with Crippen LogP contribution in [0.4, 0.5) is 4.39 Å². The molecule has 1 aromatic carbocycles. The van der Waals surface area contributed by atoms with Crippen LogP contribution in [0.5, 0.6) is 11.5 Å². The van der Waals surface area contributed by atoms with E-state index in [2.05, 4.69) is 15.9 Å². The molecular formula is C9H8BrFO3. The fourth-order valence-electron chi connectivity index (χ4n) is 1.07. The summed E-state index contributed by atoms with van der Waals surface area (Å²) in [5, 5.41) is 9.33. The molecule has 14 heavy (non-hydrogen) atoms. The zero-order valence-corrected chi connectivity index (χ0v) is 8.97. The molecule has 1 N–H and O–H groups in total. The summed E-state index contributed by atoms with van der Waals surface area (Å²) in [5.41, 5.74) is 0.0295. The predicted octanol–water partition coefficient (Wildman–Crippen LogP) is 2.12. The van der Waals surface area contributed by atoms with Crippen LogP contribution in [0.3, 0.4) is 0 Å². The van der Waals surface area contributed by atoms with E-state index in [1.165, 1.54) is 7.11 Å². The van der Waals surface area contributed by atoms with Crippen molar-refractivity contribution in [1.29, 1.82) is 0 Å². The normalized spacial score (nSPS) is 9.93. The molecule has 0 saturated carbocycles. The number of rotatable bonds is 3. The van der Waals surface area contributed by atoms with Crippen LogP contribution in [0.15, 0.2) is 12.1 Å². The molecule has 0 saturated heterocycles. The Morgan fingerprint density at radius 2 is 2.29 bits per heavy atom. The molecule has 0 bridgehead atoms. The summed E-state index contributed by atoms with van der Waals surface area (Å²) in [7, 11) is 1.30. The minimum atomic E-state index is -0.674. The number of phenols is 1. The third-order valence-corrected chi connectivity index (χ3v) is 2.17. The molecule has 0 spiro atoms. The molecule has 0 fully saturated rings. The first-order chi connectivity index (χ1) is 6.60. The van der Waals surface area contributed by atoms with Crippen LogP contribution in [0.25, 0.3) is 0 Å². The molecule has 0 amide bonds. The molecule has 0 aliphatic rings. The van der Waals surface area contributed by atoms with Crippen molar-refractivity contribution in [2.75, 3.05) is 12.4 Å². The van der Waals surface area contributed by atoms with E-state index in [4.69, 9.17) is 4.74 Å². The predicted molar refractivity (Wildman–Crippen MR) is 52.7 cm³/mol. The third-order valence-electron chi connectivity index (χ3n) is 1.66. The number of hydrogen-bond acceptors (Lipinski definition) is 3. The number of Topliss-reactive ketones (excluding diaryl/α,β-unsaturated/α-hetero) is 1. The van der Waals surface area contributed by atoms with Gasteiger partial charge in [-0.3, -0.25) is 4.79 Å². The topological polar surface area (TPSA) is 46.5 Å². The van der Waals surface area contributed by atoms with Gasteiger partial charge in [0.25, 0.3) is 0 Å². The van der Waals surface area contributed by atoms with E-state index in [-0.39, 0.29) is 28.2 Å². The molecule has 0 aliphatic carbocycles. The van der Waals surface area contributed by atoms with Crippen LogP contribution in [0.1, 0.15) is 10.4 Å². The number of methoxy groups -OCH3 is 1. The molecule has 0 radical (unpaired) electrons. The number of ketones is 1. The van der Waals surface area contributed by atoms with Gasteiger partial charge in [-0.05, 0) is 6.07 Å². The smallest absolute Gasteiger partial charge is 0.177 e. The van der Waals surface area contributed by atoms with Gasteiger partial charge >= 0.3 is 0 Å². The van der Waals surface area contributed by atoms with Gasteiger partial charge in [-0.2, -0.15) is 0 Å². The van der Waals surface area contributed by atoms with Crippen molar-refractivity contribution in [3.05, 3.63) is 23.5 Å². The summed E-state index contributed by atoms with van der Waals surface area (Å²) in [6.07, 6.45) is 0. The summed E-state index contributed by atoms with van der Waals surface area (Å²) in [4.78, 5) is 11.3. The van der Waals surface area contributed by atoms with Crippen molar-refractivity contribution in [2.45, 2.75) is 0 Å². The second-order valence-corrected chi connectivity index (χ2v) is 3.12. The summed E-state index contributed by atoms with van der Waals surface area (Å²) in [6.45, 7) is 0. The maximum absolute atomic E-state index is 12.9. The van der Waals surface area contributed by atoms with Gasteiger partial charge in [-0.1, -0.05) is 15.9 Å². The lowest BCUT2D eigenvalue weighted by Gasteiger charge is -2.08. The summed E-state index contributed by atoms with van der Waals surface area (Å²) in [5.74, 6) is -1.41. The maximum atomic E-state index is 12.9. The van der Waals surface area contributed by atoms with E-state index in [1.54, 1.807) is 0 Å². The average molecular weight is 263 g/mol. The van der Waals surface area contributed by atoms with Crippen molar-refractivity contribution >= 4 is 21.7 Å². The van der Waals surface area contributed by atoms with Crippen LogP contribution in [-0.2, 0) is 0 Å². The van der Waals surface area contributed by atoms with Gasteiger partial charge < -0.3 is 9.84 Å². The first kappa shape index (κ1) is 11.0. The average Bonchev–Trinajstić information content (AvgIpc) is 2.15. The second-order valence-electron chi connectivity index (χ2n) is 2.56. The third kappa shape index (κ3) is 2.04. The molecule has 0 unspecified atom stereocenters. The molecule has 76 valence electrons. The Hall–Kier alpha value is -1.10. The van der Waals surface area contributed by atoms with E-state index in [1.807, 2.05) is 0 Å². The van der Waals surface area contributed by atoms with Crippen molar-refractivity contribution in [3.8, 4) is 11.5 Å². The van der Waals surface area contributed by atoms with Crippen molar-refractivity contribution in [1.82, 2.24) is 0 Å². The van der Waals surface area contributed by atoms with Crippen LogP contribution < -0.4 is 4.74 Å². The van der Waals surface area contributed by atoms with Gasteiger partial charge in [-0.25, -0.2) is 4.39 Å². The van der Waals surface area contributed by atoms with Crippen molar-refractivity contribution in [3.63, 3.8) is 0 Å². The second kappa shape index (κ2) is 4.41. The Morgan fingerprint density at radius 3 is 2.79 bits per heavy atom. The maximum Gasteiger partial charge on any atom is 0.177 e. The fourth-order valence-corrected chi connectivity index (χ4v) is 1.37. The minimum Gasteiger partial charge on any atom is -0.504 e. The highest BCUT2D eigenvalue weighted by Gasteiger charge is 2.16. The zero-order valence-electron chi connectivity index (χ0n) is 7.38. The van der Waals surface area contributed by atoms with Crippen molar-refractivity contribution in [2.24, 2.45) is 0 Å². The lowest BCUT2D eigenvalue weighted by molar-refractivity contribution is 0.101. The molecule has 1 aromatic rings. The standard InChI is InChI=1S/C9H8BrFO3/c1-14-9-6(8(13)4-10)2-5(11)3-7(9)12/h2-3,12H,4H2,1H3. The quantitative estimate of drug-likeness (QED) is 0.671. The molecule has 0 aliphatic heterocycles. The fraction of sp³-hybridized carbons (Fsp3) is 0.222. The van der Waals surface area contributed by atoms with Crippen LogP contribution >= 0.6 is 15.9 Å². The molecule has 5 heteroatoms. The van der Waals surface area contributed by atoms with E-state index >= 15 is 0 Å². The minimum absolute atomic E-state index is 0.00384. The van der Waals surface area contributed by atoms with E-state index < -0.39 is 5.82 Å². The van der Waals surface area contributed by atoms with Gasteiger partial charge in [0, 0.05) is 6.07 Å². The number of alkyl halides is 1. The number of hydrogen-bond donors (Lipinski definition) is 1. The molecule has 0 atom stereocenters. The highest BCUT2D eigenvalue weighted by atomic mass is 79.9. The Balaban J connectivity index is 3.32. The number of carbonyl (C=O) groups excluding carboxylic acids is 1. The zero-order chi connectivity index (χ0) is 10.7. The van der Waals surface area contributed by atoms with E-state index in [9.17, 15) is 14.3 Å². The number of phenolic OH excluding ortho intramolecular Hbond substituents is 1. The van der Waals surface area contributed by atoms with E-state index in [0.29, 0.717) is 0 Å². The molecule has 0 aromatic heterocycles. The van der Waals surface area contributed by atoms with Crippen LogP contribution in [0, 0.1) is 5.82 Å². The SMILES string of the molecule is COc1c(O)cc(F)cc1C(=O)CBr. The van der Waals surface area contributed by atoms with Crippen molar-refractivity contribution < 1.29 is 19.0 Å². The molecule has 0 heterocycles. The van der Waals surface area contributed by atoms with Crippen LogP contribution in [0.2, 0.25) is 0 Å². The van der Waals surface area contributed by atoms with Gasteiger partial charge in [0.15, 0.2) is 17.3 Å². The number of ether oxygens (including phenoxy) is 1. The summed E-state index contributed by atoms with van der Waals surface area (Å²) >= 11 is 2.95. The Bertz CT molecular complexity index is 365. The van der Waals surface area contributed by atoms with Gasteiger partial charge in [0.2, 0.25) is 0 Å². The first-order valence-corrected chi connectivity index (χ1v) is 4.88. The Labute approximate surface area is 88.6 Å². The Kier molecular flexibility index (Phi) is 3.46. The number of benzene rings is 1. The van der Waals surface area contributed by atoms with Gasteiger partial charge in [0.1, 0.15) is 5.82 Å². The van der Waals surface area contributed by atoms with Gasteiger partial charge in [0.05, 0.1) is 18.0 Å². The highest BCUT2D eigenvalue weighted by Crippen LogP contribution is 2.31. The summed E-state index contributed by atoms with van der Waals surface area (Å²) < 4.78 is 17.7. The first-order valence-electron chi connectivity index (χ1n) is 3.75. The number of halogens is 2. The van der Waals surface area contributed by atoms with Gasteiger partial charge in [-0.15, -0.1) is 0 Å². The Morgan fingerprint density at radius 1 is 1.64 bits per heavy atom. The number of carbonyl (C=O) groups is 1. The highest BCUT2D eigenvalue weighted by molar-refractivity contribution is 9.09.